The maximum absolute atomic E-state index is 12.2. The van der Waals surface area contributed by atoms with Gasteiger partial charge in [-0.2, -0.15) is 0 Å². The van der Waals surface area contributed by atoms with E-state index in [1.165, 1.54) is 5.56 Å². The highest BCUT2D eigenvalue weighted by Gasteiger charge is 2.30. The summed E-state index contributed by atoms with van der Waals surface area (Å²) in [6.45, 7) is 2.58. The van der Waals surface area contributed by atoms with E-state index in [-0.39, 0.29) is 24.5 Å². The zero-order valence-electron chi connectivity index (χ0n) is 12.8. The average Bonchev–Trinajstić information content (AvgIpc) is 3.11. The summed E-state index contributed by atoms with van der Waals surface area (Å²) in [6.07, 6.45) is 0.865. The molecular weight excluding hydrogens is 312 g/mol. The van der Waals surface area contributed by atoms with Crippen LogP contribution in [0, 0.1) is 5.92 Å². The van der Waals surface area contributed by atoms with Crippen molar-refractivity contribution in [2.75, 3.05) is 19.7 Å². The second-order valence-corrected chi connectivity index (χ2v) is 6.43. The Morgan fingerprint density at radius 1 is 1.39 bits per heavy atom. The maximum Gasteiger partial charge on any atom is 0.273 e. The van der Waals surface area contributed by atoms with Crippen molar-refractivity contribution >= 4 is 17.4 Å². The average molecular weight is 332 g/mol. The molecule has 23 heavy (non-hydrogen) atoms. The van der Waals surface area contributed by atoms with Crippen LogP contribution in [0.3, 0.4) is 0 Å². The SMILES string of the molecule is O=C(NC1CN(Cc2ccccc2)CCC1CO)c1csnn1. The lowest BCUT2D eigenvalue weighted by Crippen LogP contribution is -2.53. The summed E-state index contributed by atoms with van der Waals surface area (Å²) in [5.41, 5.74) is 1.59. The Hall–Kier alpha value is -1.83. The van der Waals surface area contributed by atoms with Crippen LogP contribution in [-0.2, 0) is 6.54 Å². The third-order valence-electron chi connectivity index (χ3n) is 4.23. The smallest absolute Gasteiger partial charge is 0.273 e. The molecule has 1 fully saturated rings. The van der Waals surface area contributed by atoms with Crippen LogP contribution >= 0.6 is 11.5 Å². The molecule has 0 bridgehead atoms. The minimum Gasteiger partial charge on any atom is -0.396 e. The van der Waals surface area contributed by atoms with Gasteiger partial charge in [0.2, 0.25) is 0 Å². The summed E-state index contributed by atoms with van der Waals surface area (Å²) in [5, 5.41) is 18.0. The quantitative estimate of drug-likeness (QED) is 0.859. The Morgan fingerprint density at radius 3 is 2.91 bits per heavy atom. The molecule has 122 valence electrons. The van der Waals surface area contributed by atoms with E-state index < -0.39 is 0 Å². The van der Waals surface area contributed by atoms with Gasteiger partial charge in [-0.05, 0) is 30.1 Å². The third-order valence-corrected chi connectivity index (χ3v) is 4.74. The number of rotatable bonds is 5. The van der Waals surface area contributed by atoms with Crippen molar-refractivity contribution in [1.29, 1.82) is 0 Å². The van der Waals surface area contributed by atoms with Crippen molar-refractivity contribution in [3.05, 3.63) is 47.0 Å². The zero-order chi connectivity index (χ0) is 16.1. The molecule has 2 aromatic rings. The fourth-order valence-electron chi connectivity index (χ4n) is 2.94. The molecule has 2 unspecified atom stereocenters. The van der Waals surface area contributed by atoms with Crippen molar-refractivity contribution in [3.8, 4) is 0 Å². The summed E-state index contributed by atoms with van der Waals surface area (Å²) < 4.78 is 3.72. The number of carbonyl (C=O) groups is 1. The minimum atomic E-state index is -0.219. The van der Waals surface area contributed by atoms with Gasteiger partial charge in [-0.1, -0.05) is 34.8 Å². The van der Waals surface area contributed by atoms with Crippen LogP contribution in [-0.4, -0.2) is 51.2 Å². The summed E-state index contributed by atoms with van der Waals surface area (Å²) in [4.78, 5) is 14.5. The molecule has 1 aliphatic rings. The lowest BCUT2D eigenvalue weighted by molar-refractivity contribution is 0.0727. The van der Waals surface area contributed by atoms with E-state index in [0.29, 0.717) is 5.69 Å². The summed E-state index contributed by atoms with van der Waals surface area (Å²) in [7, 11) is 0. The molecular formula is C16H20N4O2S. The summed E-state index contributed by atoms with van der Waals surface area (Å²) in [5.74, 6) is -0.138. The van der Waals surface area contributed by atoms with Crippen molar-refractivity contribution < 1.29 is 9.90 Å². The number of nitrogens with zero attached hydrogens (tertiary/aromatic N) is 3. The predicted molar refractivity (Wildman–Crippen MR) is 88.1 cm³/mol. The number of aliphatic hydroxyl groups excluding tert-OH is 1. The van der Waals surface area contributed by atoms with Crippen LogP contribution in [0.15, 0.2) is 35.7 Å². The minimum absolute atomic E-state index is 0.0772. The lowest BCUT2D eigenvalue weighted by atomic mass is 9.92. The van der Waals surface area contributed by atoms with E-state index in [9.17, 15) is 9.90 Å². The number of benzene rings is 1. The molecule has 2 atom stereocenters. The summed E-state index contributed by atoms with van der Waals surface area (Å²) >= 11 is 1.16. The summed E-state index contributed by atoms with van der Waals surface area (Å²) in [6, 6.07) is 10.2. The van der Waals surface area contributed by atoms with Gasteiger partial charge in [0.25, 0.3) is 5.91 Å². The van der Waals surface area contributed by atoms with Crippen LogP contribution in [0.4, 0.5) is 0 Å². The van der Waals surface area contributed by atoms with Gasteiger partial charge in [-0.15, -0.1) is 5.10 Å². The monoisotopic (exact) mass is 332 g/mol. The molecule has 1 aliphatic heterocycles. The number of amides is 1. The second kappa shape index (κ2) is 7.63. The standard InChI is InChI=1S/C16H20N4O2S/c21-10-13-6-7-20(8-12-4-2-1-3-5-12)9-14(13)17-16(22)15-11-23-19-18-15/h1-5,11,13-14,21H,6-10H2,(H,17,22). The molecule has 2 N–H and O–H groups in total. The number of hydrogen-bond donors (Lipinski definition) is 2. The van der Waals surface area contributed by atoms with Crippen molar-refractivity contribution in [2.45, 2.75) is 19.0 Å². The molecule has 0 spiro atoms. The van der Waals surface area contributed by atoms with E-state index in [2.05, 4.69) is 31.9 Å². The van der Waals surface area contributed by atoms with E-state index in [1.807, 2.05) is 18.2 Å². The van der Waals surface area contributed by atoms with Gasteiger partial charge in [-0.25, -0.2) is 0 Å². The first-order valence-electron chi connectivity index (χ1n) is 7.71. The van der Waals surface area contributed by atoms with Gasteiger partial charge in [0.15, 0.2) is 5.69 Å². The van der Waals surface area contributed by atoms with E-state index >= 15 is 0 Å². The van der Waals surface area contributed by atoms with Gasteiger partial charge in [0.05, 0.1) is 0 Å². The molecule has 1 aromatic carbocycles. The molecule has 6 nitrogen and oxygen atoms in total. The van der Waals surface area contributed by atoms with Crippen molar-refractivity contribution in [2.24, 2.45) is 5.92 Å². The number of hydrogen-bond acceptors (Lipinski definition) is 6. The Bertz CT molecular complexity index is 620. The Balaban J connectivity index is 1.63. The molecule has 0 radical (unpaired) electrons. The first-order valence-corrected chi connectivity index (χ1v) is 8.55. The predicted octanol–water partition coefficient (Wildman–Crippen LogP) is 1.15. The fraction of sp³-hybridized carbons (Fsp3) is 0.438. The lowest BCUT2D eigenvalue weighted by Gasteiger charge is -2.38. The number of carbonyl (C=O) groups excluding carboxylic acids is 1. The molecule has 0 saturated carbocycles. The van der Waals surface area contributed by atoms with E-state index in [1.54, 1.807) is 5.38 Å². The molecule has 1 aromatic heterocycles. The van der Waals surface area contributed by atoms with Crippen LogP contribution in [0.5, 0.6) is 0 Å². The number of aliphatic hydroxyl groups is 1. The van der Waals surface area contributed by atoms with Crippen LogP contribution in [0.25, 0.3) is 0 Å². The normalized spacial score (nSPS) is 22.0. The largest absolute Gasteiger partial charge is 0.396 e. The van der Waals surface area contributed by atoms with E-state index in [0.717, 1.165) is 37.6 Å². The zero-order valence-corrected chi connectivity index (χ0v) is 13.6. The van der Waals surface area contributed by atoms with Crippen LogP contribution < -0.4 is 5.32 Å². The van der Waals surface area contributed by atoms with Gasteiger partial charge in [-0.3, -0.25) is 9.69 Å². The molecule has 2 heterocycles. The third kappa shape index (κ3) is 4.13. The van der Waals surface area contributed by atoms with Gasteiger partial charge in [0.1, 0.15) is 0 Å². The number of likely N-dealkylation sites (tertiary alicyclic amines) is 1. The molecule has 1 amide bonds. The second-order valence-electron chi connectivity index (χ2n) is 5.82. The topological polar surface area (TPSA) is 78.4 Å². The first kappa shape index (κ1) is 16.0. The van der Waals surface area contributed by atoms with Gasteiger partial charge < -0.3 is 10.4 Å². The number of aromatic nitrogens is 2. The first-order chi connectivity index (χ1) is 11.3. The highest BCUT2D eigenvalue weighted by atomic mass is 32.1. The highest BCUT2D eigenvalue weighted by molar-refractivity contribution is 7.03. The van der Waals surface area contributed by atoms with Crippen LogP contribution in [0.1, 0.15) is 22.5 Å². The Labute approximate surface area is 139 Å². The fourth-order valence-corrected chi connectivity index (χ4v) is 3.38. The maximum atomic E-state index is 12.2. The van der Waals surface area contributed by atoms with Gasteiger partial charge in [0, 0.05) is 37.0 Å². The Morgan fingerprint density at radius 2 is 2.22 bits per heavy atom. The van der Waals surface area contributed by atoms with Gasteiger partial charge >= 0.3 is 0 Å². The number of nitrogens with one attached hydrogen (secondary N) is 1. The Kier molecular flexibility index (Phi) is 5.32. The van der Waals surface area contributed by atoms with Crippen LogP contribution in [0.2, 0.25) is 0 Å². The molecule has 7 heteroatoms. The van der Waals surface area contributed by atoms with Crippen molar-refractivity contribution in [3.63, 3.8) is 0 Å². The molecule has 1 saturated heterocycles. The molecule has 3 rings (SSSR count). The highest BCUT2D eigenvalue weighted by Crippen LogP contribution is 2.20. The molecule has 0 aliphatic carbocycles. The number of piperidine rings is 1. The van der Waals surface area contributed by atoms with E-state index in [4.69, 9.17) is 0 Å². The van der Waals surface area contributed by atoms with Crippen molar-refractivity contribution in [1.82, 2.24) is 19.8 Å².